The fourth-order valence-corrected chi connectivity index (χ4v) is 4.55. The molecule has 0 radical (unpaired) electrons. The third-order valence-electron chi connectivity index (χ3n) is 4.49. The van der Waals surface area contributed by atoms with Gasteiger partial charge in [-0.25, -0.2) is 9.97 Å². The lowest BCUT2D eigenvalue weighted by molar-refractivity contribution is 0.700. The van der Waals surface area contributed by atoms with E-state index < -0.39 is 0 Å². The van der Waals surface area contributed by atoms with Crippen molar-refractivity contribution in [1.29, 1.82) is 0 Å². The van der Waals surface area contributed by atoms with Crippen molar-refractivity contribution in [2.24, 2.45) is 5.10 Å². The number of hydrogen-bond donors (Lipinski definition) is 1. The van der Waals surface area contributed by atoms with E-state index in [0.717, 1.165) is 28.5 Å². The number of aryl methyl sites for hydroxylation is 4. The summed E-state index contributed by atoms with van der Waals surface area (Å²) in [5.74, 6) is 1.62. The third-order valence-corrected chi connectivity index (χ3v) is 5.67. The van der Waals surface area contributed by atoms with Crippen LogP contribution in [0.25, 0.3) is 10.2 Å². The van der Waals surface area contributed by atoms with Crippen molar-refractivity contribution in [1.82, 2.24) is 9.97 Å². The van der Waals surface area contributed by atoms with Crippen LogP contribution in [0.1, 0.15) is 40.2 Å². The van der Waals surface area contributed by atoms with E-state index in [0.29, 0.717) is 0 Å². The first-order valence-electron chi connectivity index (χ1n) is 8.36. The van der Waals surface area contributed by atoms with Crippen molar-refractivity contribution in [3.8, 4) is 0 Å². The smallest absolute Gasteiger partial charge is 0.158 e. The largest absolute Gasteiger partial charge is 0.261 e. The SMILES string of the molecule is Cc1nc(N/N=C/c2ccccc2C)c2c3c(sc2n1)CCCC3. The Bertz CT molecular complexity index is 927. The summed E-state index contributed by atoms with van der Waals surface area (Å²) in [6.07, 6.45) is 6.68. The molecule has 0 spiro atoms. The first-order chi connectivity index (χ1) is 11.7. The van der Waals surface area contributed by atoms with Gasteiger partial charge < -0.3 is 0 Å². The summed E-state index contributed by atoms with van der Waals surface area (Å²) < 4.78 is 0. The van der Waals surface area contributed by atoms with Crippen LogP contribution in [-0.4, -0.2) is 16.2 Å². The van der Waals surface area contributed by atoms with Gasteiger partial charge in [0, 0.05) is 4.88 Å². The number of nitrogens with zero attached hydrogens (tertiary/aromatic N) is 3. The number of anilines is 1. The van der Waals surface area contributed by atoms with Crippen LogP contribution in [0.2, 0.25) is 0 Å². The molecule has 1 aliphatic carbocycles. The highest BCUT2D eigenvalue weighted by Gasteiger charge is 2.20. The zero-order chi connectivity index (χ0) is 16.5. The summed E-state index contributed by atoms with van der Waals surface area (Å²) >= 11 is 1.82. The molecule has 0 aliphatic heterocycles. The molecule has 0 atom stereocenters. The molecule has 2 heterocycles. The molecule has 4 nitrogen and oxygen atoms in total. The molecule has 0 saturated heterocycles. The number of aromatic nitrogens is 2. The van der Waals surface area contributed by atoms with Gasteiger partial charge in [-0.05, 0) is 56.2 Å². The Morgan fingerprint density at radius 3 is 2.83 bits per heavy atom. The van der Waals surface area contributed by atoms with Crippen molar-refractivity contribution in [3.63, 3.8) is 0 Å². The molecule has 0 fully saturated rings. The molecule has 1 aliphatic rings. The zero-order valence-electron chi connectivity index (χ0n) is 14.0. The van der Waals surface area contributed by atoms with Crippen LogP contribution in [0, 0.1) is 13.8 Å². The number of hydrazone groups is 1. The Kier molecular flexibility index (Phi) is 4.02. The average Bonchev–Trinajstić information content (AvgIpc) is 2.94. The Morgan fingerprint density at radius 2 is 1.96 bits per heavy atom. The molecule has 0 saturated carbocycles. The van der Waals surface area contributed by atoms with Gasteiger partial charge in [0.15, 0.2) is 5.82 Å². The second-order valence-electron chi connectivity index (χ2n) is 6.24. The van der Waals surface area contributed by atoms with E-state index >= 15 is 0 Å². The highest BCUT2D eigenvalue weighted by molar-refractivity contribution is 7.19. The molecular weight excluding hydrogens is 316 g/mol. The fourth-order valence-electron chi connectivity index (χ4n) is 3.24. The molecule has 1 N–H and O–H groups in total. The molecule has 0 bridgehead atoms. The highest BCUT2D eigenvalue weighted by Crippen LogP contribution is 2.38. The second-order valence-corrected chi connectivity index (χ2v) is 7.32. The molecule has 1 aromatic carbocycles. The molecule has 0 unspecified atom stereocenters. The van der Waals surface area contributed by atoms with Gasteiger partial charge in [0.1, 0.15) is 10.7 Å². The lowest BCUT2D eigenvalue weighted by Gasteiger charge is -2.11. The minimum absolute atomic E-state index is 0.787. The van der Waals surface area contributed by atoms with Crippen LogP contribution in [0.15, 0.2) is 29.4 Å². The zero-order valence-corrected chi connectivity index (χ0v) is 14.8. The second kappa shape index (κ2) is 6.32. The number of hydrogen-bond acceptors (Lipinski definition) is 5. The molecule has 4 rings (SSSR count). The van der Waals surface area contributed by atoms with Gasteiger partial charge in [0.25, 0.3) is 0 Å². The molecule has 122 valence electrons. The maximum absolute atomic E-state index is 4.64. The molecule has 3 aromatic rings. The monoisotopic (exact) mass is 336 g/mol. The van der Waals surface area contributed by atoms with Gasteiger partial charge in [-0.1, -0.05) is 24.3 Å². The highest BCUT2D eigenvalue weighted by atomic mass is 32.1. The molecule has 0 amide bonds. The van der Waals surface area contributed by atoms with Crippen LogP contribution < -0.4 is 5.43 Å². The number of rotatable bonds is 3. The van der Waals surface area contributed by atoms with Crippen molar-refractivity contribution in [2.45, 2.75) is 39.5 Å². The summed E-state index contributed by atoms with van der Waals surface area (Å²) in [5.41, 5.74) is 6.91. The van der Waals surface area contributed by atoms with Crippen LogP contribution in [0.4, 0.5) is 5.82 Å². The Balaban J connectivity index is 1.71. The van der Waals surface area contributed by atoms with Crippen molar-refractivity contribution >= 4 is 33.6 Å². The van der Waals surface area contributed by atoms with Crippen LogP contribution in [0.5, 0.6) is 0 Å². The number of nitrogens with one attached hydrogen (secondary N) is 1. The van der Waals surface area contributed by atoms with Crippen LogP contribution in [-0.2, 0) is 12.8 Å². The maximum Gasteiger partial charge on any atom is 0.158 e. The summed E-state index contributed by atoms with van der Waals surface area (Å²) in [6, 6.07) is 8.21. The Labute approximate surface area is 145 Å². The lowest BCUT2D eigenvalue weighted by Crippen LogP contribution is -2.02. The van der Waals surface area contributed by atoms with E-state index in [4.69, 9.17) is 0 Å². The van der Waals surface area contributed by atoms with Gasteiger partial charge in [-0.2, -0.15) is 5.10 Å². The first kappa shape index (κ1) is 15.3. The summed E-state index contributed by atoms with van der Waals surface area (Å²) in [7, 11) is 0. The minimum atomic E-state index is 0.787. The molecule has 5 heteroatoms. The summed E-state index contributed by atoms with van der Waals surface area (Å²) in [6.45, 7) is 4.03. The van der Waals surface area contributed by atoms with E-state index in [-0.39, 0.29) is 0 Å². The van der Waals surface area contributed by atoms with Crippen LogP contribution in [0.3, 0.4) is 0 Å². The average molecular weight is 336 g/mol. The third kappa shape index (κ3) is 2.80. The van der Waals surface area contributed by atoms with Gasteiger partial charge in [-0.15, -0.1) is 11.3 Å². The van der Waals surface area contributed by atoms with Crippen molar-refractivity contribution in [2.75, 3.05) is 5.43 Å². The lowest BCUT2D eigenvalue weighted by atomic mass is 9.97. The van der Waals surface area contributed by atoms with Gasteiger partial charge in [0.2, 0.25) is 0 Å². The number of fused-ring (bicyclic) bond motifs is 3. The van der Waals surface area contributed by atoms with E-state index in [2.05, 4.69) is 39.6 Å². The minimum Gasteiger partial charge on any atom is -0.261 e. The van der Waals surface area contributed by atoms with E-state index in [1.165, 1.54) is 40.7 Å². The van der Waals surface area contributed by atoms with E-state index in [1.54, 1.807) is 0 Å². The van der Waals surface area contributed by atoms with Gasteiger partial charge in [-0.3, -0.25) is 5.43 Å². The van der Waals surface area contributed by atoms with Gasteiger partial charge in [0.05, 0.1) is 11.6 Å². The maximum atomic E-state index is 4.64. The normalized spacial score (nSPS) is 14.2. The molecular formula is C19H20N4S. The van der Waals surface area contributed by atoms with Crippen LogP contribution >= 0.6 is 11.3 Å². The Hall–Kier alpha value is -2.27. The predicted octanol–water partition coefficient (Wildman–Crippen LogP) is 4.63. The molecule has 2 aromatic heterocycles. The first-order valence-corrected chi connectivity index (χ1v) is 9.17. The predicted molar refractivity (Wildman–Crippen MR) is 101 cm³/mol. The fraction of sp³-hybridized carbons (Fsp3) is 0.316. The summed E-state index contributed by atoms with van der Waals surface area (Å²) in [5, 5.41) is 5.60. The number of thiophene rings is 1. The van der Waals surface area contributed by atoms with Crippen molar-refractivity contribution in [3.05, 3.63) is 51.7 Å². The van der Waals surface area contributed by atoms with Gasteiger partial charge >= 0.3 is 0 Å². The van der Waals surface area contributed by atoms with E-state index in [9.17, 15) is 0 Å². The quantitative estimate of drug-likeness (QED) is 0.560. The van der Waals surface area contributed by atoms with Crippen molar-refractivity contribution < 1.29 is 0 Å². The Morgan fingerprint density at radius 1 is 1.12 bits per heavy atom. The molecule has 24 heavy (non-hydrogen) atoms. The number of benzene rings is 1. The standard InChI is InChI=1S/C19H20N4S/c1-12-7-3-4-8-14(12)11-20-23-18-17-15-9-5-6-10-16(15)24-19(17)22-13(2)21-18/h3-4,7-8,11H,5-6,9-10H2,1-2H3,(H,21,22,23)/b20-11+. The van der Waals surface area contributed by atoms with E-state index in [1.807, 2.05) is 36.6 Å². The topological polar surface area (TPSA) is 50.2 Å². The summed E-state index contributed by atoms with van der Waals surface area (Å²) in [4.78, 5) is 11.8.